The first-order chi connectivity index (χ1) is 6.85. The van der Waals surface area contributed by atoms with E-state index in [0.29, 0.717) is 0 Å². The predicted octanol–water partition coefficient (Wildman–Crippen LogP) is 1.61. The SMILES string of the molecule is CCC1CN(C2CC3CCC(C2)N3)C1. The molecule has 2 atom stereocenters. The van der Waals surface area contributed by atoms with Crippen LogP contribution in [-0.2, 0) is 0 Å². The molecule has 2 bridgehead atoms. The van der Waals surface area contributed by atoms with Crippen molar-refractivity contribution in [3.05, 3.63) is 0 Å². The Bertz CT molecular complexity index is 198. The number of piperidine rings is 1. The van der Waals surface area contributed by atoms with E-state index in [2.05, 4.69) is 17.1 Å². The molecule has 0 radical (unpaired) electrons. The fourth-order valence-corrected chi connectivity index (χ4v) is 3.49. The molecule has 0 aromatic carbocycles. The van der Waals surface area contributed by atoms with Gasteiger partial charge in [0.2, 0.25) is 0 Å². The lowest BCUT2D eigenvalue weighted by molar-refractivity contribution is 0.0279. The summed E-state index contributed by atoms with van der Waals surface area (Å²) in [5.74, 6) is 1.02. The van der Waals surface area contributed by atoms with Gasteiger partial charge in [0.15, 0.2) is 0 Å². The molecular weight excluding hydrogens is 172 g/mol. The molecule has 0 aromatic heterocycles. The van der Waals surface area contributed by atoms with Crippen molar-refractivity contribution in [3.8, 4) is 0 Å². The van der Waals surface area contributed by atoms with Crippen LogP contribution in [0.15, 0.2) is 0 Å². The molecule has 3 heterocycles. The van der Waals surface area contributed by atoms with Gasteiger partial charge < -0.3 is 5.32 Å². The van der Waals surface area contributed by atoms with Gasteiger partial charge >= 0.3 is 0 Å². The topological polar surface area (TPSA) is 15.3 Å². The van der Waals surface area contributed by atoms with Gasteiger partial charge in [-0.15, -0.1) is 0 Å². The highest BCUT2D eigenvalue weighted by Gasteiger charge is 2.39. The molecule has 0 amide bonds. The van der Waals surface area contributed by atoms with Crippen LogP contribution in [0, 0.1) is 5.92 Å². The molecule has 2 nitrogen and oxygen atoms in total. The molecule has 3 fully saturated rings. The van der Waals surface area contributed by atoms with Crippen LogP contribution in [0.4, 0.5) is 0 Å². The zero-order valence-electron chi connectivity index (χ0n) is 9.21. The molecule has 2 unspecified atom stereocenters. The van der Waals surface area contributed by atoms with Gasteiger partial charge in [0.25, 0.3) is 0 Å². The third kappa shape index (κ3) is 1.49. The lowest BCUT2D eigenvalue weighted by Crippen LogP contribution is -2.56. The highest BCUT2D eigenvalue weighted by atomic mass is 15.2. The van der Waals surface area contributed by atoms with Crippen molar-refractivity contribution >= 4 is 0 Å². The average molecular weight is 194 g/mol. The van der Waals surface area contributed by atoms with Gasteiger partial charge in [-0.2, -0.15) is 0 Å². The van der Waals surface area contributed by atoms with E-state index < -0.39 is 0 Å². The molecule has 1 N–H and O–H groups in total. The number of nitrogens with zero attached hydrogens (tertiary/aromatic N) is 1. The Morgan fingerprint density at radius 1 is 1.14 bits per heavy atom. The Balaban J connectivity index is 1.55. The number of hydrogen-bond acceptors (Lipinski definition) is 2. The van der Waals surface area contributed by atoms with E-state index in [1.807, 2.05) is 0 Å². The average Bonchev–Trinajstić information content (AvgIpc) is 2.44. The Labute approximate surface area is 87.0 Å². The van der Waals surface area contributed by atoms with Crippen molar-refractivity contribution < 1.29 is 0 Å². The van der Waals surface area contributed by atoms with Crippen LogP contribution in [0.1, 0.15) is 39.0 Å². The van der Waals surface area contributed by atoms with Gasteiger partial charge in [-0.05, 0) is 31.6 Å². The zero-order chi connectivity index (χ0) is 9.54. The van der Waals surface area contributed by atoms with E-state index in [0.717, 1.165) is 24.0 Å². The van der Waals surface area contributed by atoms with Gasteiger partial charge in [0, 0.05) is 31.2 Å². The monoisotopic (exact) mass is 194 g/mol. The zero-order valence-corrected chi connectivity index (χ0v) is 9.21. The third-order valence-corrected chi connectivity index (χ3v) is 4.53. The van der Waals surface area contributed by atoms with E-state index in [4.69, 9.17) is 0 Å². The summed E-state index contributed by atoms with van der Waals surface area (Å²) in [5.41, 5.74) is 0. The molecule has 3 aliphatic heterocycles. The van der Waals surface area contributed by atoms with Gasteiger partial charge in [0.05, 0.1) is 0 Å². The number of fused-ring (bicyclic) bond motifs is 2. The summed E-state index contributed by atoms with van der Waals surface area (Å²) >= 11 is 0. The Kier molecular flexibility index (Phi) is 2.29. The van der Waals surface area contributed by atoms with Crippen molar-refractivity contribution in [1.82, 2.24) is 10.2 Å². The molecule has 2 heteroatoms. The minimum atomic E-state index is 0.861. The standard InChI is InChI=1S/C12H22N2/c1-2-9-7-14(8-9)12-5-10-3-4-11(6-12)13-10/h9-13H,2-8H2,1H3. The minimum Gasteiger partial charge on any atom is -0.311 e. The predicted molar refractivity (Wildman–Crippen MR) is 58.3 cm³/mol. The van der Waals surface area contributed by atoms with Crippen LogP contribution in [0.3, 0.4) is 0 Å². The van der Waals surface area contributed by atoms with Crippen LogP contribution in [0.5, 0.6) is 0 Å². The van der Waals surface area contributed by atoms with Crippen molar-refractivity contribution in [2.75, 3.05) is 13.1 Å². The van der Waals surface area contributed by atoms with Gasteiger partial charge in [-0.3, -0.25) is 4.90 Å². The maximum atomic E-state index is 3.72. The number of likely N-dealkylation sites (tertiary alicyclic amines) is 1. The molecule has 14 heavy (non-hydrogen) atoms. The largest absolute Gasteiger partial charge is 0.311 e. The Morgan fingerprint density at radius 2 is 1.79 bits per heavy atom. The normalized spacial score (nSPS) is 43.9. The summed E-state index contributed by atoms with van der Waals surface area (Å²) in [4.78, 5) is 2.74. The Hall–Kier alpha value is -0.0800. The highest BCUT2D eigenvalue weighted by molar-refractivity contribution is 4.98. The smallest absolute Gasteiger partial charge is 0.0125 e. The van der Waals surface area contributed by atoms with Gasteiger partial charge in [-0.25, -0.2) is 0 Å². The van der Waals surface area contributed by atoms with E-state index in [1.165, 1.54) is 45.2 Å². The van der Waals surface area contributed by atoms with Crippen molar-refractivity contribution in [2.24, 2.45) is 5.92 Å². The summed E-state index contributed by atoms with van der Waals surface area (Å²) in [6.07, 6.45) is 7.10. The van der Waals surface area contributed by atoms with E-state index in [9.17, 15) is 0 Å². The second-order valence-corrected chi connectivity index (χ2v) is 5.49. The van der Waals surface area contributed by atoms with Crippen molar-refractivity contribution in [2.45, 2.75) is 57.2 Å². The molecule has 0 saturated carbocycles. The van der Waals surface area contributed by atoms with Crippen LogP contribution in [-0.4, -0.2) is 36.1 Å². The summed E-state index contributed by atoms with van der Waals surface area (Å²) in [6.45, 7) is 5.11. The first kappa shape index (κ1) is 9.17. The molecular formula is C12H22N2. The maximum Gasteiger partial charge on any atom is 0.0125 e. The first-order valence-corrected chi connectivity index (χ1v) is 6.35. The third-order valence-electron chi connectivity index (χ3n) is 4.53. The molecule has 3 saturated heterocycles. The number of hydrogen-bond donors (Lipinski definition) is 1. The number of rotatable bonds is 2. The van der Waals surface area contributed by atoms with Crippen molar-refractivity contribution in [3.63, 3.8) is 0 Å². The fraction of sp³-hybridized carbons (Fsp3) is 1.00. The van der Waals surface area contributed by atoms with Crippen LogP contribution < -0.4 is 5.32 Å². The summed E-state index contributed by atoms with van der Waals surface area (Å²) < 4.78 is 0. The fourth-order valence-electron chi connectivity index (χ4n) is 3.49. The molecule has 0 spiro atoms. The number of nitrogens with one attached hydrogen (secondary N) is 1. The molecule has 0 aliphatic carbocycles. The van der Waals surface area contributed by atoms with Crippen LogP contribution in [0.25, 0.3) is 0 Å². The van der Waals surface area contributed by atoms with E-state index in [-0.39, 0.29) is 0 Å². The summed E-state index contributed by atoms with van der Waals surface area (Å²) in [7, 11) is 0. The summed E-state index contributed by atoms with van der Waals surface area (Å²) in [5, 5.41) is 3.72. The highest BCUT2D eigenvalue weighted by Crippen LogP contribution is 2.33. The lowest BCUT2D eigenvalue weighted by atomic mass is 9.90. The molecule has 80 valence electrons. The van der Waals surface area contributed by atoms with E-state index >= 15 is 0 Å². The second kappa shape index (κ2) is 3.49. The van der Waals surface area contributed by atoms with Gasteiger partial charge in [0.1, 0.15) is 0 Å². The lowest BCUT2D eigenvalue weighted by Gasteiger charge is -2.47. The Morgan fingerprint density at radius 3 is 2.36 bits per heavy atom. The van der Waals surface area contributed by atoms with E-state index in [1.54, 1.807) is 0 Å². The first-order valence-electron chi connectivity index (χ1n) is 6.35. The van der Waals surface area contributed by atoms with Crippen LogP contribution >= 0.6 is 0 Å². The van der Waals surface area contributed by atoms with Crippen molar-refractivity contribution in [1.29, 1.82) is 0 Å². The molecule has 0 aromatic rings. The maximum absolute atomic E-state index is 3.72. The molecule has 3 rings (SSSR count). The molecule has 3 aliphatic rings. The second-order valence-electron chi connectivity index (χ2n) is 5.49. The van der Waals surface area contributed by atoms with Gasteiger partial charge in [-0.1, -0.05) is 13.3 Å². The summed E-state index contributed by atoms with van der Waals surface area (Å²) in [6, 6.07) is 2.65. The minimum absolute atomic E-state index is 0.861. The quantitative estimate of drug-likeness (QED) is 0.718. The van der Waals surface area contributed by atoms with Crippen LogP contribution in [0.2, 0.25) is 0 Å².